The normalized spacial score (nSPS) is 19.1. The van der Waals surface area contributed by atoms with Crippen LogP contribution in [0.1, 0.15) is 86.6 Å². The number of carbonyl (C=O) groups excluding carboxylic acids is 1. The van der Waals surface area contributed by atoms with Crippen LogP contribution in [0.4, 0.5) is 4.79 Å². The monoisotopic (exact) mass is 510 g/mol. The van der Waals surface area contributed by atoms with E-state index in [-0.39, 0.29) is 23.5 Å². The van der Waals surface area contributed by atoms with Gasteiger partial charge in [0.2, 0.25) is 0 Å². The van der Waals surface area contributed by atoms with Gasteiger partial charge in [-0.25, -0.2) is 0 Å². The molecule has 1 aromatic carbocycles. The molecule has 2 aromatic rings. The first-order chi connectivity index (χ1) is 17.0. The smallest absolute Gasteiger partial charge is 0.496 e. The minimum Gasteiger partial charge on any atom is -0.496 e. The summed E-state index contributed by atoms with van der Waals surface area (Å²) < 4.78 is 13.9. The number of nitrogens with zero attached hydrogens (tertiary/aromatic N) is 1. The van der Waals surface area contributed by atoms with Crippen molar-refractivity contribution in [3.63, 3.8) is 0 Å². The number of methoxy groups -OCH3 is 1. The van der Waals surface area contributed by atoms with E-state index in [0.717, 1.165) is 25.0 Å². The molecule has 0 bridgehead atoms. The van der Waals surface area contributed by atoms with Crippen LogP contribution in [0.5, 0.6) is 5.75 Å². The molecule has 0 aliphatic heterocycles. The summed E-state index contributed by atoms with van der Waals surface area (Å²) in [6, 6.07) is 12.6. The molecule has 1 heterocycles. The standard InChI is InChI=1S/C31H48NO3Si/c1-22(2)36(23(3)4,24(5)6)29-21-32(20-19-28(29)34-9)30(33)35-27-18-14-13-17-26(27)31(7,8)25-15-11-10-12-16-25/h10-12,15-16,19-24,26-27H,13-14,17-18H2,1-9H3/q+1/t26-,27+/m0/s1. The van der Waals surface area contributed by atoms with Crippen molar-refractivity contribution in [3.8, 4) is 5.75 Å². The molecule has 0 N–H and O–H groups in total. The highest BCUT2D eigenvalue weighted by molar-refractivity contribution is 6.95. The van der Waals surface area contributed by atoms with E-state index in [2.05, 4.69) is 85.7 Å². The number of hydrogen-bond donors (Lipinski definition) is 0. The van der Waals surface area contributed by atoms with E-state index >= 15 is 0 Å². The quantitative estimate of drug-likeness (QED) is 0.274. The Bertz CT molecular complexity index is 994. The lowest BCUT2D eigenvalue weighted by molar-refractivity contribution is -0.587. The lowest BCUT2D eigenvalue weighted by atomic mass is 9.66. The number of pyridine rings is 1. The molecule has 1 aliphatic rings. The van der Waals surface area contributed by atoms with Crippen molar-refractivity contribution in [2.75, 3.05) is 7.11 Å². The Labute approximate surface area is 220 Å². The van der Waals surface area contributed by atoms with Crippen LogP contribution in [0.25, 0.3) is 0 Å². The van der Waals surface area contributed by atoms with E-state index in [4.69, 9.17) is 9.47 Å². The molecule has 1 aliphatic carbocycles. The largest absolute Gasteiger partial charge is 0.602 e. The SMILES string of the molecule is COc1cc[n+](C(=O)O[C@@H]2CCCC[C@@H]2C(C)(C)c2ccccc2)cc1[Si](C(C)C)(C(C)C)C(C)C. The summed E-state index contributed by atoms with van der Waals surface area (Å²) >= 11 is 0. The molecule has 1 saturated carbocycles. The molecular formula is C31H48NO3Si+. The molecular weight excluding hydrogens is 462 g/mol. The summed E-state index contributed by atoms with van der Waals surface area (Å²) in [7, 11) is -0.304. The molecule has 0 saturated heterocycles. The number of benzene rings is 1. The number of ether oxygens (including phenoxy) is 2. The third-order valence-corrected chi connectivity index (χ3v) is 16.1. The first-order valence-electron chi connectivity index (χ1n) is 13.8. The van der Waals surface area contributed by atoms with E-state index in [1.54, 1.807) is 11.7 Å². The van der Waals surface area contributed by atoms with Crippen LogP contribution in [0.15, 0.2) is 48.8 Å². The molecule has 0 spiro atoms. The molecule has 198 valence electrons. The van der Waals surface area contributed by atoms with Gasteiger partial charge in [0.1, 0.15) is 19.9 Å². The number of rotatable bonds is 8. The van der Waals surface area contributed by atoms with Gasteiger partial charge in [0.25, 0.3) is 0 Å². The summed E-state index contributed by atoms with van der Waals surface area (Å²) in [5, 5.41) is 1.22. The fourth-order valence-electron chi connectivity index (χ4n) is 7.37. The van der Waals surface area contributed by atoms with E-state index in [9.17, 15) is 4.79 Å². The molecule has 1 fully saturated rings. The fourth-order valence-corrected chi connectivity index (χ4v) is 14.2. The van der Waals surface area contributed by atoms with Crippen molar-refractivity contribution < 1.29 is 18.8 Å². The van der Waals surface area contributed by atoms with Crippen LogP contribution in [0.2, 0.25) is 16.6 Å². The van der Waals surface area contributed by atoms with E-state index in [0.29, 0.717) is 16.6 Å². The maximum Gasteiger partial charge on any atom is 0.602 e. The fraction of sp³-hybridized carbons (Fsp3) is 0.613. The van der Waals surface area contributed by atoms with Crippen LogP contribution < -0.4 is 14.5 Å². The van der Waals surface area contributed by atoms with E-state index < -0.39 is 8.07 Å². The Morgan fingerprint density at radius 3 is 2.08 bits per heavy atom. The maximum atomic E-state index is 13.6. The molecule has 3 rings (SSSR count). The molecule has 0 radical (unpaired) electrons. The Morgan fingerprint density at radius 1 is 0.944 bits per heavy atom. The molecule has 4 nitrogen and oxygen atoms in total. The zero-order chi connectivity index (χ0) is 26.7. The van der Waals surface area contributed by atoms with Gasteiger partial charge in [0, 0.05) is 17.2 Å². The molecule has 0 unspecified atom stereocenters. The second-order valence-electron chi connectivity index (χ2n) is 12.1. The number of hydrogen-bond acceptors (Lipinski definition) is 3. The van der Waals surface area contributed by atoms with Crippen LogP contribution in [0.3, 0.4) is 0 Å². The van der Waals surface area contributed by atoms with E-state index in [1.807, 2.05) is 18.5 Å². The second-order valence-corrected chi connectivity index (χ2v) is 18.0. The summed E-state index contributed by atoms with van der Waals surface area (Å²) in [4.78, 5) is 13.6. The Morgan fingerprint density at radius 2 is 1.53 bits per heavy atom. The number of aromatic nitrogens is 1. The summed E-state index contributed by atoms with van der Waals surface area (Å²) in [6.07, 6.45) is 7.74. The van der Waals surface area contributed by atoms with Gasteiger partial charge in [-0.3, -0.25) is 0 Å². The maximum absolute atomic E-state index is 13.6. The summed E-state index contributed by atoms with van der Waals surface area (Å²) in [6.45, 7) is 18.6. The van der Waals surface area contributed by atoms with Crippen LogP contribution >= 0.6 is 0 Å². The van der Waals surface area contributed by atoms with Gasteiger partial charge in [0.05, 0.1) is 7.11 Å². The van der Waals surface area contributed by atoms with Crippen LogP contribution in [0, 0.1) is 5.92 Å². The minimum atomic E-state index is -2.04. The average Bonchev–Trinajstić information content (AvgIpc) is 2.84. The van der Waals surface area contributed by atoms with Gasteiger partial charge in [-0.05, 0) is 46.9 Å². The molecule has 0 amide bonds. The van der Waals surface area contributed by atoms with Crippen molar-refractivity contribution in [1.82, 2.24) is 0 Å². The minimum absolute atomic E-state index is 0.0721. The van der Waals surface area contributed by atoms with Crippen molar-refractivity contribution in [2.45, 2.75) is 109 Å². The lowest BCUT2D eigenvalue weighted by Crippen LogP contribution is -2.59. The number of carbonyl (C=O) groups is 1. The first-order valence-corrected chi connectivity index (χ1v) is 16.1. The zero-order valence-electron chi connectivity index (χ0n) is 24.0. The summed E-state index contributed by atoms with van der Waals surface area (Å²) in [5.41, 5.74) is 2.75. The predicted octanol–water partition coefficient (Wildman–Crippen LogP) is 7.39. The third-order valence-electron chi connectivity index (χ3n) is 9.08. The predicted molar refractivity (Wildman–Crippen MR) is 151 cm³/mol. The molecule has 2 atom stereocenters. The van der Waals surface area contributed by atoms with Gasteiger partial charge in [-0.15, -0.1) is 0 Å². The molecule has 1 aromatic heterocycles. The second kappa shape index (κ2) is 11.5. The van der Waals surface area contributed by atoms with Crippen molar-refractivity contribution in [2.24, 2.45) is 5.92 Å². The van der Waals surface area contributed by atoms with E-state index in [1.165, 1.54) is 17.2 Å². The molecule has 5 heteroatoms. The van der Waals surface area contributed by atoms with Crippen LogP contribution in [-0.2, 0) is 10.2 Å². The van der Waals surface area contributed by atoms with Gasteiger partial charge < -0.3 is 9.47 Å². The third kappa shape index (κ3) is 5.27. The molecule has 36 heavy (non-hydrogen) atoms. The Balaban J connectivity index is 1.96. The van der Waals surface area contributed by atoms with Gasteiger partial charge in [-0.1, -0.05) is 96.7 Å². The highest BCUT2D eigenvalue weighted by Crippen LogP contribution is 2.43. The Hall–Kier alpha value is -2.14. The highest BCUT2D eigenvalue weighted by Gasteiger charge is 2.48. The lowest BCUT2D eigenvalue weighted by Gasteiger charge is -2.43. The van der Waals surface area contributed by atoms with Gasteiger partial charge >= 0.3 is 6.09 Å². The topological polar surface area (TPSA) is 39.4 Å². The first kappa shape index (κ1) is 28.4. The van der Waals surface area contributed by atoms with Crippen molar-refractivity contribution in [1.29, 1.82) is 0 Å². The van der Waals surface area contributed by atoms with Crippen molar-refractivity contribution in [3.05, 3.63) is 54.4 Å². The average molecular weight is 511 g/mol. The van der Waals surface area contributed by atoms with Gasteiger partial charge in [0.15, 0.2) is 12.4 Å². The van der Waals surface area contributed by atoms with Crippen molar-refractivity contribution >= 4 is 19.4 Å². The van der Waals surface area contributed by atoms with Gasteiger partial charge in [-0.2, -0.15) is 4.79 Å². The highest BCUT2D eigenvalue weighted by atomic mass is 28.3. The summed E-state index contributed by atoms with van der Waals surface area (Å²) in [5.74, 6) is 1.17. The Kier molecular flexibility index (Phi) is 9.08. The van der Waals surface area contributed by atoms with Crippen LogP contribution in [-0.4, -0.2) is 27.4 Å². The zero-order valence-corrected chi connectivity index (χ0v) is 25.0.